The topological polar surface area (TPSA) is 87.0 Å². The summed E-state index contributed by atoms with van der Waals surface area (Å²) in [6.07, 6.45) is 0.325. The smallest absolute Gasteiger partial charge is 0.336 e. The van der Waals surface area contributed by atoms with Gasteiger partial charge in [0, 0.05) is 23.5 Å². The van der Waals surface area contributed by atoms with Crippen molar-refractivity contribution in [1.29, 1.82) is 0 Å². The maximum absolute atomic E-state index is 11.8. The average molecular weight is 280 g/mol. The van der Waals surface area contributed by atoms with Crippen LogP contribution in [0.2, 0.25) is 0 Å². The highest BCUT2D eigenvalue weighted by Gasteiger charge is 2.52. The molecule has 1 heterocycles. The monoisotopic (exact) mass is 280 g/mol. The van der Waals surface area contributed by atoms with Crippen LogP contribution < -0.4 is 0 Å². The summed E-state index contributed by atoms with van der Waals surface area (Å²) < 4.78 is 4.78. The summed E-state index contributed by atoms with van der Waals surface area (Å²) in [7, 11) is 0. The van der Waals surface area contributed by atoms with Gasteiger partial charge < -0.3 is 20.1 Å². The zero-order valence-corrected chi connectivity index (χ0v) is 11.9. The Kier molecular flexibility index (Phi) is 2.71. The molecule has 0 amide bonds. The predicted molar refractivity (Wildman–Crippen MR) is 70.3 cm³/mol. The Bertz CT molecular complexity index is 540. The molecular formula is C15H20O5. The van der Waals surface area contributed by atoms with Crippen LogP contribution in [0.3, 0.4) is 0 Å². The first-order chi connectivity index (χ1) is 9.12. The Labute approximate surface area is 117 Å². The number of aliphatic hydroxyl groups is 3. The number of carbonyl (C=O) groups excluding carboxylic acids is 1. The lowest BCUT2D eigenvalue weighted by Gasteiger charge is -2.29. The second-order valence-electron chi connectivity index (χ2n) is 6.99. The van der Waals surface area contributed by atoms with Gasteiger partial charge in [0.1, 0.15) is 0 Å². The summed E-state index contributed by atoms with van der Waals surface area (Å²) in [6.45, 7) is 5.73. The Morgan fingerprint density at radius 2 is 1.95 bits per heavy atom. The van der Waals surface area contributed by atoms with Gasteiger partial charge in [-0.2, -0.15) is 0 Å². The molecule has 0 aromatic rings. The summed E-state index contributed by atoms with van der Waals surface area (Å²) in [5.41, 5.74) is -0.147. The molecule has 0 aromatic carbocycles. The Morgan fingerprint density at radius 3 is 2.60 bits per heavy atom. The van der Waals surface area contributed by atoms with Crippen molar-refractivity contribution in [3.63, 3.8) is 0 Å². The van der Waals surface area contributed by atoms with Gasteiger partial charge >= 0.3 is 5.97 Å². The van der Waals surface area contributed by atoms with Crippen LogP contribution in [-0.4, -0.2) is 39.3 Å². The van der Waals surface area contributed by atoms with Crippen molar-refractivity contribution in [3.05, 3.63) is 22.8 Å². The van der Waals surface area contributed by atoms with Crippen molar-refractivity contribution in [3.8, 4) is 0 Å². The molecule has 1 aliphatic heterocycles. The molecule has 0 saturated carbocycles. The molecule has 0 radical (unpaired) electrons. The largest absolute Gasteiger partial charge is 0.428 e. The number of allylic oxidation sites excluding steroid dienone is 1. The minimum absolute atomic E-state index is 0.0632. The van der Waals surface area contributed by atoms with Crippen molar-refractivity contribution in [2.45, 2.75) is 51.6 Å². The lowest BCUT2D eigenvalue weighted by molar-refractivity contribution is -0.153. The number of aliphatic hydroxyl groups excluding tert-OH is 2. The summed E-state index contributed by atoms with van der Waals surface area (Å²) in [6, 6.07) is 0. The van der Waals surface area contributed by atoms with Crippen LogP contribution >= 0.6 is 0 Å². The van der Waals surface area contributed by atoms with Crippen LogP contribution in [0.4, 0.5) is 0 Å². The van der Waals surface area contributed by atoms with E-state index in [2.05, 4.69) is 0 Å². The van der Waals surface area contributed by atoms with Crippen LogP contribution in [0.15, 0.2) is 22.8 Å². The Balaban J connectivity index is 2.12. The standard InChI is InChI=1S/C15H20O5/c1-14(2)4-7-9(6-14)15(3,19)5-8-10(11(7)16)13(18)20-12(8)17/h6-7,11,13,16,18-19H,4-5H2,1-3H3. The molecule has 5 heteroatoms. The number of ether oxygens (including phenoxy) is 1. The highest BCUT2D eigenvalue weighted by Crippen LogP contribution is 2.51. The minimum atomic E-state index is -1.40. The van der Waals surface area contributed by atoms with Gasteiger partial charge in [0.05, 0.1) is 11.7 Å². The van der Waals surface area contributed by atoms with Gasteiger partial charge in [0.25, 0.3) is 0 Å². The third-order valence-electron chi connectivity index (χ3n) is 4.61. The highest BCUT2D eigenvalue weighted by molar-refractivity contribution is 5.93. The first-order valence-corrected chi connectivity index (χ1v) is 6.88. The second kappa shape index (κ2) is 3.93. The van der Waals surface area contributed by atoms with E-state index in [0.29, 0.717) is 6.42 Å². The first-order valence-electron chi connectivity index (χ1n) is 6.88. The molecule has 110 valence electrons. The van der Waals surface area contributed by atoms with Crippen molar-refractivity contribution < 1.29 is 24.9 Å². The van der Waals surface area contributed by atoms with Crippen LogP contribution in [-0.2, 0) is 9.53 Å². The van der Waals surface area contributed by atoms with Gasteiger partial charge in [-0.15, -0.1) is 0 Å². The molecule has 0 fully saturated rings. The Morgan fingerprint density at radius 1 is 1.30 bits per heavy atom. The fourth-order valence-electron chi connectivity index (χ4n) is 3.77. The number of hydrogen-bond acceptors (Lipinski definition) is 5. The van der Waals surface area contributed by atoms with E-state index >= 15 is 0 Å². The molecule has 0 saturated heterocycles. The number of cyclic esters (lactones) is 1. The van der Waals surface area contributed by atoms with E-state index in [1.54, 1.807) is 6.92 Å². The fourth-order valence-corrected chi connectivity index (χ4v) is 3.77. The third kappa shape index (κ3) is 1.84. The van der Waals surface area contributed by atoms with Crippen LogP contribution in [0.25, 0.3) is 0 Å². The van der Waals surface area contributed by atoms with Crippen molar-refractivity contribution in [2.75, 3.05) is 0 Å². The second-order valence-corrected chi connectivity index (χ2v) is 6.99. The van der Waals surface area contributed by atoms with Gasteiger partial charge in [-0.05, 0) is 24.3 Å². The fraction of sp³-hybridized carbons (Fsp3) is 0.667. The molecule has 3 aliphatic rings. The van der Waals surface area contributed by atoms with E-state index in [4.69, 9.17) is 4.74 Å². The molecular weight excluding hydrogens is 260 g/mol. The lowest BCUT2D eigenvalue weighted by Crippen LogP contribution is -2.34. The van der Waals surface area contributed by atoms with Gasteiger partial charge in [-0.1, -0.05) is 19.9 Å². The van der Waals surface area contributed by atoms with E-state index in [0.717, 1.165) is 5.57 Å². The number of carbonyl (C=O) groups is 1. The number of esters is 1. The van der Waals surface area contributed by atoms with E-state index < -0.39 is 24.0 Å². The zero-order chi connectivity index (χ0) is 14.9. The molecule has 4 unspecified atom stereocenters. The minimum Gasteiger partial charge on any atom is -0.428 e. The summed E-state index contributed by atoms with van der Waals surface area (Å²) in [5, 5.41) is 31.2. The molecule has 5 nitrogen and oxygen atoms in total. The van der Waals surface area contributed by atoms with E-state index in [1.165, 1.54) is 0 Å². The zero-order valence-electron chi connectivity index (χ0n) is 11.9. The Hall–Kier alpha value is -1.17. The lowest BCUT2D eigenvalue weighted by atomic mass is 9.82. The van der Waals surface area contributed by atoms with Crippen LogP contribution in [0.1, 0.15) is 33.6 Å². The maximum Gasteiger partial charge on any atom is 0.336 e. The highest BCUT2D eigenvalue weighted by atomic mass is 16.6. The molecule has 0 aromatic heterocycles. The number of rotatable bonds is 0. The van der Waals surface area contributed by atoms with Gasteiger partial charge in [0.2, 0.25) is 6.29 Å². The molecule has 0 bridgehead atoms. The van der Waals surface area contributed by atoms with Gasteiger partial charge in [-0.25, -0.2) is 4.79 Å². The van der Waals surface area contributed by atoms with E-state index in [9.17, 15) is 20.1 Å². The molecule has 3 rings (SSSR count). The van der Waals surface area contributed by atoms with Gasteiger partial charge in [-0.3, -0.25) is 0 Å². The summed E-state index contributed by atoms with van der Waals surface area (Å²) >= 11 is 0. The molecule has 20 heavy (non-hydrogen) atoms. The average Bonchev–Trinajstić information content (AvgIpc) is 2.74. The van der Waals surface area contributed by atoms with Crippen LogP contribution in [0, 0.1) is 11.3 Å². The summed E-state index contributed by atoms with van der Waals surface area (Å²) in [5.74, 6) is -0.941. The number of fused-ring (bicyclic) bond motifs is 1. The van der Waals surface area contributed by atoms with Gasteiger partial charge in [0.15, 0.2) is 0 Å². The number of hydrogen-bond donors (Lipinski definition) is 3. The maximum atomic E-state index is 11.8. The normalized spacial score (nSPS) is 42.8. The molecule has 0 spiro atoms. The van der Waals surface area contributed by atoms with Crippen molar-refractivity contribution >= 4 is 5.97 Å². The van der Waals surface area contributed by atoms with Crippen LogP contribution in [0.5, 0.6) is 0 Å². The predicted octanol–water partition coefficient (Wildman–Crippen LogP) is 0.646. The van der Waals surface area contributed by atoms with E-state index in [-0.39, 0.29) is 28.9 Å². The first kappa shape index (κ1) is 13.8. The molecule has 3 N–H and O–H groups in total. The third-order valence-corrected chi connectivity index (χ3v) is 4.61. The van der Waals surface area contributed by atoms with E-state index in [1.807, 2.05) is 19.9 Å². The molecule has 2 aliphatic carbocycles. The quantitative estimate of drug-likeness (QED) is 0.448. The molecule has 4 atom stereocenters. The SMILES string of the molecule is CC1(C)C=C2C(C1)C(O)C1=C(CC2(C)O)C(=O)OC1O. The summed E-state index contributed by atoms with van der Waals surface area (Å²) in [4.78, 5) is 11.8. The van der Waals surface area contributed by atoms with Crippen molar-refractivity contribution in [1.82, 2.24) is 0 Å². The van der Waals surface area contributed by atoms with Crippen molar-refractivity contribution in [2.24, 2.45) is 11.3 Å².